The van der Waals surface area contributed by atoms with Crippen LogP contribution < -0.4 is 0 Å². The number of hydrogen-bond donors (Lipinski definition) is 0. The minimum atomic E-state index is -3.57. The molecule has 2 rings (SSSR count). The molecule has 132 valence electrons. The van der Waals surface area contributed by atoms with E-state index in [1.807, 2.05) is 13.8 Å². The van der Waals surface area contributed by atoms with Gasteiger partial charge in [-0.15, -0.1) is 0 Å². The second kappa shape index (κ2) is 7.69. The van der Waals surface area contributed by atoms with Gasteiger partial charge < -0.3 is 9.26 Å². The Kier molecular flexibility index (Phi) is 6.12. The topological polar surface area (TPSA) is 88.8 Å². The first-order chi connectivity index (χ1) is 10.9. The number of ether oxygens (including phenoxy) is 1. The minimum absolute atomic E-state index is 0.113. The molecule has 0 N–H and O–H groups in total. The highest BCUT2D eigenvalue weighted by Crippen LogP contribution is 2.32. The van der Waals surface area contributed by atoms with E-state index < -0.39 is 16.3 Å². The highest BCUT2D eigenvalue weighted by Gasteiger charge is 2.38. The second-order valence-electron chi connectivity index (χ2n) is 6.07. The summed E-state index contributed by atoms with van der Waals surface area (Å²) in [4.78, 5) is 4.31. The SMILES string of the molecule is COCc1nc(C2CCCCCN2S(=O)(=O)N(C)C(C)C)no1. The van der Waals surface area contributed by atoms with Crippen molar-refractivity contribution in [3.63, 3.8) is 0 Å². The molecule has 1 unspecified atom stereocenters. The maximum atomic E-state index is 12.9. The molecular formula is C14H26N4O4S. The van der Waals surface area contributed by atoms with Crippen LogP contribution in [0.3, 0.4) is 0 Å². The molecule has 1 saturated heterocycles. The van der Waals surface area contributed by atoms with E-state index in [4.69, 9.17) is 9.26 Å². The van der Waals surface area contributed by atoms with Crippen LogP contribution in [0.1, 0.15) is 57.3 Å². The Morgan fingerprint density at radius 1 is 1.39 bits per heavy atom. The van der Waals surface area contributed by atoms with Crippen molar-refractivity contribution in [2.24, 2.45) is 0 Å². The zero-order valence-corrected chi connectivity index (χ0v) is 15.0. The molecule has 1 aromatic heterocycles. The van der Waals surface area contributed by atoms with E-state index in [2.05, 4.69) is 10.1 Å². The lowest BCUT2D eigenvalue weighted by molar-refractivity contribution is 0.151. The average Bonchev–Trinajstić information content (AvgIpc) is 2.81. The normalized spacial score (nSPS) is 21.0. The lowest BCUT2D eigenvalue weighted by Crippen LogP contribution is -2.46. The first kappa shape index (κ1) is 18.3. The van der Waals surface area contributed by atoms with Gasteiger partial charge in [-0.2, -0.15) is 22.0 Å². The number of methoxy groups -OCH3 is 1. The molecule has 8 nitrogen and oxygen atoms in total. The summed E-state index contributed by atoms with van der Waals surface area (Å²) in [7, 11) is -0.420. The fourth-order valence-corrected chi connectivity index (χ4v) is 4.38. The quantitative estimate of drug-likeness (QED) is 0.779. The van der Waals surface area contributed by atoms with Crippen LogP contribution in [0, 0.1) is 0 Å². The third-order valence-corrected chi connectivity index (χ3v) is 6.32. The van der Waals surface area contributed by atoms with Crippen molar-refractivity contribution in [1.82, 2.24) is 18.8 Å². The Morgan fingerprint density at radius 3 is 2.78 bits per heavy atom. The first-order valence-corrected chi connectivity index (χ1v) is 9.33. The van der Waals surface area contributed by atoms with Gasteiger partial charge >= 0.3 is 0 Å². The van der Waals surface area contributed by atoms with E-state index in [9.17, 15) is 8.42 Å². The third kappa shape index (κ3) is 4.09. The molecule has 1 aliphatic heterocycles. The van der Waals surface area contributed by atoms with Crippen LogP contribution in [0.5, 0.6) is 0 Å². The van der Waals surface area contributed by atoms with Gasteiger partial charge in [0.05, 0.1) is 6.04 Å². The summed E-state index contributed by atoms with van der Waals surface area (Å²) >= 11 is 0. The van der Waals surface area contributed by atoms with Crippen molar-refractivity contribution < 1.29 is 17.7 Å². The fraction of sp³-hybridized carbons (Fsp3) is 0.857. The predicted octanol–water partition coefficient (Wildman–Crippen LogP) is 1.72. The van der Waals surface area contributed by atoms with Crippen molar-refractivity contribution in [1.29, 1.82) is 0 Å². The number of hydrogen-bond acceptors (Lipinski definition) is 6. The Bertz CT molecular complexity index is 602. The zero-order chi connectivity index (χ0) is 17.0. The van der Waals surface area contributed by atoms with E-state index >= 15 is 0 Å². The largest absolute Gasteiger partial charge is 0.375 e. The zero-order valence-electron chi connectivity index (χ0n) is 14.2. The maximum Gasteiger partial charge on any atom is 0.282 e. The number of nitrogens with zero attached hydrogens (tertiary/aromatic N) is 4. The molecule has 2 heterocycles. The fourth-order valence-electron chi connectivity index (χ4n) is 2.63. The summed E-state index contributed by atoms with van der Waals surface area (Å²) in [6.45, 7) is 4.40. The average molecular weight is 346 g/mol. The van der Waals surface area contributed by atoms with E-state index in [0.29, 0.717) is 24.7 Å². The first-order valence-electron chi connectivity index (χ1n) is 7.94. The van der Waals surface area contributed by atoms with Crippen LogP contribution in [-0.4, -0.2) is 53.9 Å². The standard InChI is InChI=1S/C14H26N4O4S/c1-11(2)17(3)23(19,20)18-9-7-5-6-8-12(18)14-15-13(10-21-4)22-16-14/h11-12H,5-10H2,1-4H3. The Hall–Kier alpha value is -1.03. The molecular weight excluding hydrogens is 320 g/mol. The van der Waals surface area contributed by atoms with Crippen LogP contribution in [0.15, 0.2) is 4.52 Å². The summed E-state index contributed by atoms with van der Waals surface area (Å²) in [5.74, 6) is 0.779. The summed E-state index contributed by atoms with van der Waals surface area (Å²) in [6.07, 6.45) is 3.47. The van der Waals surface area contributed by atoms with Crippen LogP contribution in [0.2, 0.25) is 0 Å². The van der Waals surface area contributed by atoms with Crippen LogP contribution in [0.25, 0.3) is 0 Å². The molecule has 1 fully saturated rings. The molecule has 0 aromatic carbocycles. The highest BCUT2D eigenvalue weighted by atomic mass is 32.2. The van der Waals surface area contributed by atoms with Crippen molar-refractivity contribution >= 4 is 10.2 Å². The summed E-state index contributed by atoms with van der Waals surface area (Å²) in [5.41, 5.74) is 0. The predicted molar refractivity (Wildman–Crippen MR) is 84.7 cm³/mol. The molecule has 1 aromatic rings. The Balaban J connectivity index is 2.32. The van der Waals surface area contributed by atoms with Crippen molar-refractivity contribution in [2.45, 2.75) is 58.2 Å². The summed E-state index contributed by atoms with van der Waals surface area (Å²) in [5, 5.41) is 3.98. The molecule has 9 heteroatoms. The summed E-state index contributed by atoms with van der Waals surface area (Å²) < 4.78 is 38.9. The van der Waals surface area contributed by atoms with Gasteiger partial charge in [-0.3, -0.25) is 0 Å². The lowest BCUT2D eigenvalue weighted by Gasteiger charge is -2.32. The van der Waals surface area contributed by atoms with Gasteiger partial charge in [0.2, 0.25) is 0 Å². The smallest absolute Gasteiger partial charge is 0.282 e. The van der Waals surface area contributed by atoms with Gasteiger partial charge in [0.15, 0.2) is 5.82 Å². The van der Waals surface area contributed by atoms with Gasteiger partial charge in [0.1, 0.15) is 6.61 Å². The van der Waals surface area contributed by atoms with E-state index in [0.717, 1.165) is 19.3 Å². The molecule has 0 radical (unpaired) electrons. The lowest BCUT2D eigenvalue weighted by atomic mass is 10.1. The van der Waals surface area contributed by atoms with Crippen molar-refractivity contribution in [2.75, 3.05) is 20.7 Å². The van der Waals surface area contributed by atoms with Crippen molar-refractivity contribution in [3.8, 4) is 0 Å². The van der Waals surface area contributed by atoms with E-state index in [1.165, 1.54) is 8.61 Å². The van der Waals surface area contributed by atoms with Gasteiger partial charge in [-0.05, 0) is 26.7 Å². The van der Waals surface area contributed by atoms with Gasteiger partial charge in [-0.1, -0.05) is 18.0 Å². The van der Waals surface area contributed by atoms with Crippen LogP contribution in [0.4, 0.5) is 0 Å². The van der Waals surface area contributed by atoms with E-state index in [-0.39, 0.29) is 12.6 Å². The molecule has 0 bridgehead atoms. The maximum absolute atomic E-state index is 12.9. The molecule has 0 saturated carbocycles. The van der Waals surface area contributed by atoms with Gasteiger partial charge in [-0.25, -0.2) is 0 Å². The van der Waals surface area contributed by atoms with Crippen LogP contribution in [-0.2, 0) is 21.6 Å². The number of rotatable bonds is 6. The third-order valence-electron chi connectivity index (χ3n) is 4.14. The summed E-state index contributed by atoms with van der Waals surface area (Å²) in [6, 6.07) is -0.503. The van der Waals surface area contributed by atoms with Crippen LogP contribution >= 0.6 is 0 Å². The molecule has 0 aliphatic carbocycles. The molecule has 0 amide bonds. The molecule has 1 aliphatic rings. The Morgan fingerprint density at radius 2 is 2.13 bits per heavy atom. The molecule has 1 atom stereocenters. The highest BCUT2D eigenvalue weighted by molar-refractivity contribution is 7.86. The second-order valence-corrected chi connectivity index (χ2v) is 8.01. The monoisotopic (exact) mass is 346 g/mol. The van der Waals surface area contributed by atoms with E-state index in [1.54, 1.807) is 14.2 Å². The molecule has 0 spiro atoms. The minimum Gasteiger partial charge on any atom is -0.375 e. The van der Waals surface area contributed by atoms with Crippen molar-refractivity contribution in [3.05, 3.63) is 11.7 Å². The van der Waals surface area contributed by atoms with Gasteiger partial charge in [0.25, 0.3) is 16.1 Å². The molecule has 23 heavy (non-hydrogen) atoms. The van der Waals surface area contributed by atoms with Gasteiger partial charge in [0, 0.05) is 26.7 Å². The Labute approximate surface area is 138 Å². The number of aromatic nitrogens is 2.